The van der Waals surface area contributed by atoms with Crippen LogP contribution < -0.4 is 14.8 Å². The Kier molecular flexibility index (Phi) is 2.67. The monoisotopic (exact) mass is 262 g/mol. The molecule has 19 heavy (non-hydrogen) atoms. The maximum Gasteiger partial charge on any atom is 0.296 e. The van der Waals surface area contributed by atoms with E-state index in [4.69, 9.17) is 9.47 Å². The van der Waals surface area contributed by atoms with E-state index in [-0.39, 0.29) is 12.5 Å². The molecule has 0 atom stereocenters. The lowest BCUT2D eigenvalue weighted by Crippen LogP contribution is -2.03. The van der Waals surface area contributed by atoms with Gasteiger partial charge in [0.1, 0.15) is 5.69 Å². The first-order valence-electron chi connectivity index (χ1n) is 5.54. The minimum absolute atomic E-state index is 0.0521. The largest absolute Gasteiger partial charge is 0.454 e. The predicted molar refractivity (Wildman–Crippen MR) is 65.1 cm³/mol. The number of nitro benzene ring substituents is 1. The highest BCUT2D eigenvalue weighted by Gasteiger charge is 2.23. The van der Waals surface area contributed by atoms with E-state index < -0.39 is 4.92 Å². The van der Waals surface area contributed by atoms with Crippen molar-refractivity contribution in [2.75, 3.05) is 12.1 Å². The number of anilines is 1. The molecule has 8 nitrogen and oxygen atoms in total. The third-order valence-electron chi connectivity index (χ3n) is 2.72. The molecule has 8 heteroatoms. The molecule has 2 aromatic rings. The molecule has 1 aromatic carbocycles. The van der Waals surface area contributed by atoms with Crippen molar-refractivity contribution in [1.29, 1.82) is 0 Å². The summed E-state index contributed by atoms with van der Waals surface area (Å²) in [5.41, 5.74) is 1.15. The molecule has 0 spiro atoms. The summed E-state index contributed by atoms with van der Waals surface area (Å²) in [5, 5.41) is 20.6. The van der Waals surface area contributed by atoms with E-state index in [1.54, 1.807) is 18.3 Å². The number of nitrogens with zero attached hydrogens (tertiary/aromatic N) is 2. The standard InChI is InChI=1S/C11H10N4O4/c16-15(17)9-4-11-10(18-6-19-11)3-8(9)12-5-7-1-2-13-14-7/h1-4,12H,5-6H2,(H,13,14). The average Bonchev–Trinajstić information content (AvgIpc) is 3.05. The van der Waals surface area contributed by atoms with E-state index in [2.05, 4.69) is 15.5 Å². The van der Waals surface area contributed by atoms with Gasteiger partial charge in [-0.05, 0) is 6.07 Å². The third-order valence-corrected chi connectivity index (χ3v) is 2.72. The Balaban J connectivity index is 1.88. The number of aromatic amines is 1. The van der Waals surface area contributed by atoms with Crippen LogP contribution >= 0.6 is 0 Å². The minimum Gasteiger partial charge on any atom is -0.454 e. The van der Waals surface area contributed by atoms with Crippen LogP contribution in [0.15, 0.2) is 24.4 Å². The zero-order valence-corrected chi connectivity index (χ0v) is 9.75. The molecule has 1 aliphatic rings. The first-order valence-corrected chi connectivity index (χ1v) is 5.54. The van der Waals surface area contributed by atoms with Gasteiger partial charge in [-0.25, -0.2) is 0 Å². The second-order valence-electron chi connectivity index (χ2n) is 3.92. The van der Waals surface area contributed by atoms with Gasteiger partial charge in [-0.15, -0.1) is 0 Å². The lowest BCUT2D eigenvalue weighted by atomic mass is 10.2. The first-order chi connectivity index (χ1) is 9.24. The first kappa shape index (κ1) is 11.3. The van der Waals surface area contributed by atoms with Gasteiger partial charge >= 0.3 is 0 Å². The Bertz CT molecular complexity index is 611. The van der Waals surface area contributed by atoms with E-state index in [9.17, 15) is 10.1 Å². The van der Waals surface area contributed by atoms with E-state index in [0.29, 0.717) is 23.7 Å². The normalized spacial score (nSPS) is 12.4. The molecule has 0 saturated heterocycles. The van der Waals surface area contributed by atoms with E-state index in [0.717, 1.165) is 5.69 Å². The fraction of sp³-hybridized carbons (Fsp3) is 0.182. The van der Waals surface area contributed by atoms with Crippen LogP contribution in [0.3, 0.4) is 0 Å². The molecule has 0 unspecified atom stereocenters. The third kappa shape index (κ3) is 2.15. The second-order valence-corrected chi connectivity index (χ2v) is 3.92. The maximum absolute atomic E-state index is 11.0. The number of hydrogen-bond acceptors (Lipinski definition) is 6. The molecule has 1 aromatic heterocycles. The molecule has 0 amide bonds. The number of ether oxygens (including phenoxy) is 2. The molecule has 0 radical (unpaired) electrons. The Labute approximate surface area is 107 Å². The van der Waals surface area contributed by atoms with E-state index in [1.807, 2.05) is 0 Å². The average molecular weight is 262 g/mol. The summed E-state index contributed by atoms with van der Waals surface area (Å²) < 4.78 is 10.3. The fourth-order valence-electron chi connectivity index (χ4n) is 1.80. The van der Waals surface area contributed by atoms with Gasteiger partial charge in [0, 0.05) is 12.3 Å². The van der Waals surface area contributed by atoms with Crippen molar-refractivity contribution in [3.05, 3.63) is 40.2 Å². The van der Waals surface area contributed by atoms with Gasteiger partial charge in [0.2, 0.25) is 6.79 Å². The van der Waals surface area contributed by atoms with E-state index in [1.165, 1.54) is 6.07 Å². The Hall–Kier alpha value is -2.77. The van der Waals surface area contributed by atoms with Gasteiger partial charge in [0.05, 0.1) is 23.2 Å². The predicted octanol–water partition coefficient (Wildman–Crippen LogP) is 1.66. The van der Waals surface area contributed by atoms with Gasteiger partial charge in [0.15, 0.2) is 11.5 Å². The molecule has 3 rings (SSSR count). The SMILES string of the molecule is O=[N+]([O-])c1cc2c(cc1NCc1ccn[nH]1)OCO2. The quantitative estimate of drug-likeness (QED) is 0.641. The summed E-state index contributed by atoms with van der Waals surface area (Å²) in [6, 6.07) is 4.71. The van der Waals surface area contributed by atoms with Crippen molar-refractivity contribution in [3.8, 4) is 11.5 Å². The summed E-state index contributed by atoms with van der Waals surface area (Å²) in [6.45, 7) is 0.483. The summed E-state index contributed by atoms with van der Waals surface area (Å²) in [5.74, 6) is 0.886. The molecule has 0 bridgehead atoms. The fourth-order valence-corrected chi connectivity index (χ4v) is 1.80. The minimum atomic E-state index is -0.461. The smallest absolute Gasteiger partial charge is 0.296 e. The number of H-pyrrole nitrogens is 1. The Morgan fingerprint density at radius 1 is 1.42 bits per heavy atom. The number of nitro groups is 1. The van der Waals surface area contributed by atoms with Crippen molar-refractivity contribution in [3.63, 3.8) is 0 Å². The topological polar surface area (TPSA) is 102 Å². The molecular formula is C11H10N4O4. The van der Waals surface area contributed by atoms with Crippen LogP contribution in [0, 0.1) is 10.1 Å². The number of benzene rings is 1. The molecule has 2 heterocycles. The van der Waals surface area contributed by atoms with Gasteiger partial charge in [-0.2, -0.15) is 5.10 Å². The summed E-state index contributed by atoms with van der Waals surface area (Å²) in [6.07, 6.45) is 1.62. The summed E-state index contributed by atoms with van der Waals surface area (Å²) in [4.78, 5) is 10.6. The zero-order valence-electron chi connectivity index (χ0n) is 9.75. The van der Waals surface area contributed by atoms with Crippen LogP contribution in [0.1, 0.15) is 5.69 Å². The van der Waals surface area contributed by atoms with Gasteiger partial charge in [-0.3, -0.25) is 15.2 Å². The zero-order chi connectivity index (χ0) is 13.2. The molecular weight excluding hydrogens is 252 g/mol. The lowest BCUT2D eigenvalue weighted by Gasteiger charge is -2.07. The van der Waals surface area contributed by atoms with Gasteiger partial charge in [-0.1, -0.05) is 0 Å². The van der Waals surface area contributed by atoms with Crippen LogP contribution in [-0.4, -0.2) is 21.9 Å². The van der Waals surface area contributed by atoms with Crippen LogP contribution in [0.4, 0.5) is 11.4 Å². The summed E-state index contributed by atoms with van der Waals surface area (Å²) in [7, 11) is 0. The van der Waals surface area contributed by atoms with Crippen molar-refractivity contribution in [2.24, 2.45) is 0 Å². The molecule has 0 aliphatic carbocycles. The highest BCUT2D eigenvalue weighted by atomic mass is 16.7. The van der Waals surface area contributed by atoms with Crippen LogP contribution in [0.5, 0.6) is 11.5 Å². The van der Waals surface area contributed by atoms with Crippen molar-refractivity contribution in [1.82, 2.24) is 10.2 Å². The molecule has 98 valence electrons. The lowest BCUT2D eigenvalue weighted by molar-refractivity contribution is -0.384. The molecule has 2 N–H and O–H groups in total. The van der Waals surface area contributed by atoms with Crippen LogP contribution in [0.2, 0.25) is 0 Å². The van der Waals surface area contributed by atoms with Gasteiger partial charge < -0.3 is 14.8 Å². The highest BCUT2D eigenvalue weighted by molar-refractivity contribution is 5.68. The second kappa shape index (κ2) is 4.48. The number of fused-ring (bicyclic) bond motifs is 1. The van der Waals surface area contributed by atoms with E-state index >= 15 is 0 Å². The molecule has 1 aliphatic heterocycles. The van der Waals surface area contributed by atoms with Crippen LogP contribution in [-0.2, 0) is 6.54 Å². The maximum atomic E-state index is 11.0. The van der Waals surface area contributed by atoms with Gasteiger partial charge in [0.25, 0.3) is 5.69 Å². The highest BCUT2D eigenvalue weighted by Crippen LogP contribution is 2.40. The number of nitrogens with one attached hydrogen (secondary N) is 2. The number of hydrogen-bond donors (Lipinski definition) is 2. The molecule has 0 fully saturated rings. The number of aromatic nitrogens is 2. The van der Waals surface area contributed by atoms with Crippen LogP contribution in [0.25, 0.3) is 0 Å². The van der Waals surface area contributed by atoms with Crippen molar-refractivity contribution in [2.45, 2.75) is 6.54 Å². The molecule has 0 saturated carbocycles. The summed E-state index contributed by atoms with van der Waals surface area (Å²) >= 11 is 0. The number of rotatable bonds is 4. The van der Waals surface area contributed by atoms with Crippen molar-refractivity contribution < 1.29 is 14.4 Å². The Morgan fingerprint density at radius 3 is 2.89 bits per heavy atom. The van der Waals surface area contributed by atoms with Crippen molar-refractivity contribution >= 4 is 11.4 Å². The Morgan fingerprint density at radius 2 is 2.21 bits per heavy atom.